The largest absolute Gasteiger partial charge is 1.00 e. The molecule has 0 radical (unpaired) electrons. The summed E-state index contributed by atoms with van der Waals surface area (Å²) in [5, 5.41) is 19.1. The van der Waals surface area contributed by atoms with Crippen LogP contribution in [0.25, 0.3) is 0 Å². The first-order valence-electron chi connectivity index (χ1n) is 5.51. The molecule has 1 N–H and O–H groups in total. The number of unbranched alkanes of at least 4 members (excludes halogenated alkanes) is 5. The number of hydrogen-bond donors (Lipinski definition) is 1. The second-order valence-electron chi connectivity index (χ2n) is 3.88. The molecule has 1 atom stereocenters. The molecule has 4 heteroatoms. The van der Waals surface area contributed by atoms with E-state index in [0.717, 1.165) is 44.9 Å². The smallest absolute Gasteiger partial charge is 0.550 e. The van der Waals surface area contributed by atoms with Gasteiger partial charge in [-0.05, 0) is 26.2 Å². The number of aliphatic hydroxyl groups excluding tert-OH is 1. The fourth-order valence-corrected chi connectivity index (χ4v) is 1.42. The maximum absolute atomic E-state index is 10.1. The van der Waals surface area contributed by atoms with Gasteiger partial charge in [0.2, 0.25) is 0 Å². The van der Waals surface area contributed by atoms with Gasteiger partial charge in [-0.25, -0.2) is 0 Å². The summed E-state index contributed by atoms with van der Waals surface area (Å²) in [4.78, 5) is 10.1. The molecule has 0 saturated carbocycles. The van der Waals surface area contributed by atoms with Crippen LogP contribution in [0.3, 0.4) is 0 Å². The first kappa shape index (κ1) is 18.4. The first-order chi connectivity index (χ1) is 6.63. The Balaban J connectivity index is 0. The number of hydrogen-bond acceptors (Lipinski definition) is 3. The molecule has 84 valence electrons. The van der Waals surface area contributed by atoms with Crippen molar-refractivity contribution in [1.82, 2.24) is 0 Å². The molecule has 0 heterocycles. The van der Waals surface area contributed by atoms with E-state index in [0.29, 0.717) is 0 Å². The minimum absolute atomic E-state index is 0. The monoisotopic (exact) mass is 240 g/mol. The van der Waals surface area contributed by atoms with Crippen LogP contribution in [0.4, 0.5) is 0 Å². The van der Waals surface area contributed by atoms with Crippen LogP contribution >= 0.6 is 0 Å². The van der Waals surface area contributed by atoms with Gasteiger partial charge in [-0.15, -0.1) is 0 Å². The van der Waals surface area contributed by atoms with Crippen LogP contribution in [0, 0.1) is 0 Å². The molecule has 15 heavy (non-hydrogen) atoms. The summed E-state index contributed by atoms with van der Waals surface area (Å²) in [7, 11) is 0. The van der Waals surface area contributed by atoms with Crippen LogP contribution in [-0.2, 0) is 4.79 Å². The third-order valence-corrected chi connectivity index (χ3v) is 2.25. The van der Waals surface area contributed by atoms with Crippen molar-refractivity contribution in [2.45, 2.75) is 64.4 Å². The molecule has 0 aliphatic heterocycles. The molecule has 0 aromatic heterocycles. The first-order valence-corrected chi connectivity index (χ1v) is 5.51. The van der Waals surface area contributed by atoms with Crippen LogP contribution in [0.15, 0.2) is 0 Å². The molecule has 0 aliphatic carbocycles. The topological polar surface area (TPSA) is 60.4 Å². The molecule has 0 saturated heterocycles. The van der Waals surface area contributed by atoms with Crippen molar-refractivity contribution in [3.63, 3.8) is 0 Å². The van der Waals surface area contributed by atoms with Gasteiger partial charge in [0.25, 0.3) is 0 Å². The molecule has 0 aliphatic rings. The van der Waals surface area contributed by atoms with Gasteiger partial charge in [-0.3, -0.25) is 0 Å². The van der Waals surface area contributed by atoms with E-state index in [1.807, 2.05) is 0 Å². The summed E-state index contributed by atoms with van der Waals surface area (Å²) in [6.07, 6.45) is 7.02. The van der Waals surface area contributed by atoms with Gasteiger partial charge in [0.15, 0.2) is 0 Å². The van der Waals surface area contributed by atoms with E-state index in [1.165, 1.54) is 0 Å². The van der Waals surface area contributed by atoms with Gasteiger partial charge in [0, 0.05) is 5.97 Å². The quantitative estimate of drug-likeness (QED) is 0.384. The fourth-order valence-electron chi connectivity index (χ4n) is 1.42. The summed E-state index contributed by atoms with van der Waals surface area (Å²) in [5.74, 6) is -0.945. The van der Waals surface area contributed by atoms with Crippen LogP contribution in [0.2, 0.25) is 0 Å². The van der Waals surface area contributed by atoms with Crippen LogP contribution in [0.1, 0.15) is 58.3 Å². The van der Waals surface area contributed by atoms with Gasteiger partial charge in [0.1, 0.15) is 0 Å². The zero-order chi connectivity index (χ0) is 10.8. The minimum Gasteiger partial charge on any atom is -0.550 e. The molecule has 0 spiro atoms. The third-order valence-electron chi connectivity index (χ3n) is 2.25. The van der Waals surface area contributed by atoms with Gasteiger partial charge >= 0.3 is 51.4 Å². The number of carboxylic acid groups (broad SMARTS) is 1. The van der Waals surface area contributed by atoms with E-state index < -0.39 is 5.97 Å². The van der Waals surface area contributed by atoms with E-state index in [-0.39, 0.29) is 63.9 Å². The van der Waals surface area contributed by atoms with Gasteiger partial charge < -0.3 is 15.0 Å². The second-order valence-corrected chi connectivity index (χ2v) is 3.88. The van der Waals surface area contributed by atoms with Crippen molar-refractivity contribution in [3.8, 4) is 0 Å². The van der Waals surface area contributed by atoms with Crippen LogP contribution < -0.4 is 56.5 Å². The van der Waals surface area contributed by atoms with Crippen molar-refractivity contribution in [2.75, 3.05) is 0 Å². The number of carbonyl (C=O) groups excluding carboxylic acids is 1. The van der Waals surface area contributed by atoms with Crippen molar-refractivity contribution >= 4 is 5.97 Å². The Hall–Kier alpha value is 1.07. The molecule has 1 unspecified atom stereocenters. The van der Waals surface area contributed by atoms with E-state index in [1.54, 1.807) is 6.92 Å². The Kier molecular flexibility index (Phi) is 16.1. The predicted octanol–water partition coefficient (Wildman–Crippen LogP) is -1.76. The number of aliphatic hydroxyl groups is 1. The summed E-state index contributed by atoms with van der Waals surface area (Å²) in [6.45, 7) is 1.81. The zero-order valence-corrected chi connectivity index (χ0v) is 13.1. The van der Waals surface area contributed by atoms with E-state index >= 15 is 0 Å². The molecular weight excluding hydrogens is 219 g/mol. The van der Waals surface area contributed by atoms with Gasteiger partial charge in [-0.1, -0.05) is 32.1 Å². The van der Waals surface area contributed by atoms with Crippen molar-refractivity contribution in [2.24, 2.45) is 0 Å². The average molecular weight is 240 g/mol. The van der Waals surface area contributed by atoms with E-state index in [2.05, 4.69) is 0 Å². The molecule has 0 rings (SSSR count). The van der Waals surface area contributed by atoms with E-state index in [9.17, 15) is 9.90 Å². The standard InChI is InChI=1S/C11H22O3.K/c1-10(12)8-6-4-2-3-5-7-9-11(13)14;/h10,12H,2-9H2,1H3,(H,13,14);/q;+1/p-1. The fraction of sp³-hybridized carbons (Fsp3) is 0.909. The van der Waals surface area contributed by atoms with Crippen molar-refractivity contribution in [3.05, 3.63) is 0 Å². The predicted molar refractivity (Wildman–Crippen MR) is 53.6 cm³/mol. The van der Waals surface area contributed by atoms with Gasteiger partial charge in [-0.2, -0.15) is 0 Å². The molecule has 0 amide bonds. The Labute approximate surface area is 135 Å². The van der Waals surface area contributed by atoms with Crippen molar-refractivity contribution in [1.29, 1.82) is 0 Å². The molecule has 0 aromatic carbocycles. The number of carbonyl (C=O) groups is 1. The average Bonchev–Trinajstić information content (AvgIpc) is 2.08. The van der Waals surface area contributed by atoms with E-state index in [4.69, 9.17) is 5.11 Å². The SMILES string of the molecule is CC(O)CCCCCCCCC(=O)[O-].[K+]. The van der Waals surface area contributed by atoms with Crippen LogP contribution in [0.5, 0.6) is 0 Å². The number of carboxylic acids is 1. The minimum atomic E-state index is -0.945. The van der Waals surface area contributed by atoms with Crippen molar-refractivity contribution < 1.29 is 66.4 Å². The molecular formula is C11H21KO3. The maximum Gasteiger partial charge on any atom is 1.00 e. The summed E-state index contributed by atoms with van der Waals surface area (Å²) in [6, 6.07) is 0. The number of aliphatic carboxylic acids is 1. The summed E-state index contributed by atoms with van der Waals surface area (Å²) >= 11 is 0. The molecule has 0 fully saturated rings. The Morgan fingerprint density at radius 3 is 2.07 bits per heavy atom. The summed E-state index contributed by atoms with van der Waals surface area (Å²) in [5.41, 5.74) is 0. The molecule has 0 aromatic rings. The second kappa shape index (κ2) is 13.1. The molecule has 3 nitrogen and oxygen atoms in total. The van der Waals surface area contributed by atoms with Gasteiger partial charge in [0.05, 0.1) is 6.10 Å². The maximum atomic E-state index is 10.1. The Morgan fingerprint density at radius 1 is 1.13 bits per heavy atom. The van der Waals surface area contributed by atoms with Crippen LogP contribution in [-0.4, -0.2) is 17.2 Å². The Morgan fingerprint density at radius 2 is 1.60 bits per heavy atom. The zero-order valence-electron chi connectivity index (χ0n) is 10.00. The summed E-state index contributed by atoms with van der Waals surface area (Å²) < 4.78 is 0. The molecule has 0 bridgehead atoms. The number of rotatable bonds is 9. The third kappa shape index (κ3) is 17.7. The normalized spacial score (nSPS) is 11.9. The Bertz CT molecular complexity index is 149.